The first-order valence-electron chi connectivity index (χ1n) is 10.4. The third-order valence-electron chi connectivity index (χ3n) is 4.76. The number of anilines is 2. The molecule has 0 radical (unpaired) electrons. The molecule has 0 bridgehead atoms. The summed E-state index contributed by atoms with van der Waals surface area (Å²) >= 11 is 1.05. The van der Waals surface area contributed by atoms with Crippen molar-refractivity contribution in [3.05, 3.63) is 70.7 Å². The number of ether oxygens (including phenoxy) is 2. The van der Waals surface area contributed by atoms with E-state index in [1.807, 2.05) is 12.1 Å². The summed E-state index contributed by atoms with van der Waals surface area (Å²) in [5.41, 5.74) is 0.671. The maximum atomic E-state index is 13.1. The SMILES string of the molecule is CC(=O)N(c1cccc(C(F)(F)F)c1)c1nc(COC(=O)COc2ccc(C(C)C)cc2)cs1. The fourth-order valence-electron chi connectivity index (χ4n) is 3.00. The van der Waals surface area contributed by atoms with Crippen molar-refractivity contribution in [3.63, 3.8) is 0 Å². The molecular formula is C24H23F3N2O4S. The third-order valence-corrected chi connectivity index (χ3v) is 5.64. The van der Waals surface area contributed by atoms with Gasteiger partial charge in [-0.1, -0.05) is 32.0 Å². The van der Waals surface area contributed by atoms with Crippen molar-refractivity contribution < 1.29 is 32.2 Å². The number of halogens is 3. The van der Waals surface area contributed by atoms with Crippen molar-refractivity contribution in [3.8, 4) is 5.75 Å². The molecular weight excluding hydrogens is 469 g/mol. The maximum Gasteiger partial charge on any atom is 0.416 e. The van der Waals surface area contributed by atoms with Gasteiger partial charge in [0.1, 0.15) is 12.4 Å². The zero-order chi connectivity index (χ0) is 24.9. The number of thiazole rings is 1. The van der Waals surface area contributed by atoms with Crippen molar-refractivity contribution in [2.45, 2.75) is 39.5 Å². The summed E-state index contributed by atoms with van der Waals surface area (Å²) < 4.78 is 49.8. The summed E-state index contributed by atoms with van der Waals surface area (Å²) in [4.78, 5) is 29.5. The van der Waals surface area contributed by atoms with E-state index in [4.69, 9.17) is 9.47 Å². The van der Waals surface area contributed by atoms with E-state index in [0.717, 1.165) is 33.9 Å². The van der Waals surface area contributed by atoms with Crippen LogP contribution in [0, 0.1) is 0 Å². The van der Waals surface area contributed by atoms with Crippen LogP contribution in [0.25, 0.3) is 0 Å². The molecule has 0 atom stereocenters. The number of nitrogens with zero attached hydrogens (tertiary/aromatic N) is 2. The van der Waals surface area contributed by atoms with Crippen LogP contribution in [0.15, 0.2) is 53.9 Å². The molecule has 0 spiro atoms. The monoisotopic (exact) mass is 492 g/mol. The zero-order valence-corrected chi connectivity index (χ0v) is 19.6. The molecule has 3 aromatic rings. The summed E-state index contributed by atoms with van der Waals surface area (Å²) in [5, 5.41) is 1.73. The van der Waals surface area contributed by atoms with E-state index in [9.17, 15) is 22.8 Å². The van der Waals surface area contributed by atoms with Crippen LogP contribution in [-0.4, -0.2) is 23.5 Å². The number of aromatic nitrogens is 1. The first-order valence-corrected chi connectivity index (χ1v) is 11.2. The largest absolute Gasteiger partial charge is 0.482 e. The van der Waals surface area contributed by atoms with Gasteiger partial charge in [0.25, 0.3) is 0 Å². The minimum absolute atomic E-state index is 0.0390. The number of hydrogen-bond acceptors (Lipinski definition) is 6. The lowest BCUT2D eigenvalue weighted by Gasteiger charge is -2.19. The summed E-state index contributed by atoms with van der Waals surface area (Å²) in [6, 6.07) is 11.8. The first-order chi connectivity index (χ1) is 16.0. The van der Waals surface area contributed by atoms with Crippen LogP contribution in [0.5, 0.6) is 5.75 Å². The normalized spacial score (nSPS) is 11.4. The topological polar surface area (TPSA) is 68.7 Å². The van der Waals surface area contributed by atoms with Crippen LogP contribution in [0.1, 0.15) is 43.5 Å². The van der Waals surface area contributed by atoms with Gasteiger partial charge in [-0.25, -0.2) is 9.78 Å². The number of alkyl halides is 3. The highest BCUT2D eigenvalue weighted by Crippen LogP contribution is 2.35. The highest BCUT2D eigenvalue weighted by molar-refractivity contribution is 7.14. The number of hydrogen-bond donors (Lipinski definition) is 0. The van der Waals surface area contributed by atoms with Gasteiger partial charge in [0.05, 0.1) is 16.9 Å². The molecule has 0 unspecified atom stereocenters. The average molecular weight is 493 g/mol. The zero-order valence-electron chi connectivity index (χ0n) is 18.8. The molecule has 0 saturated carbocycles. The lowest BCUT2D eigenvalue weighted by atomic mass is 10.0. The van der Waals surface area contributed by atoms with E-state index in [1.54, 1.807) is 17.5 Å². The van der Waals surface area contributed by atoms with E-state index in [2.05, 4.69) is 18.8 Å². The van der Waals surface area contributed by atoms with Gasteiger partial charge in [0, 0.05) is 12.3 Å². The van der Waals surface area contributed by atoms with Crippen LogP contribution in [-0.2, 0) is 27.1 Å². The number of benzene rings is 2. The summed E-state index contributed by atoms with van der Waals surface area (Å²) in [6.07, 6.45) is -4.54. The molecule has 0 aliphatic heterocycles. The molecule has 0 saturated heterocycles. The van der Waals surface area contributed by atoms with E-state index >= 15 is 0 Å². The van der Waals surface area contributed by atoms with E-state index < -0.39 is 23.6 Å². The van der Waals surface area contributed by atoms with Crippen molar-refractivity contribution >= 4 is 34.0 Å². The Morgan fingerprint density at radius 2 is 1.82 bits per heavy atom. The minimum atomic E-state index is -4.54. The summed E-state index contributed by atoms with van der Waals surface area (Å²) in [6.45, 7) is 4.92. The molecule has 0 fully saturated rings. The second kappa shape index (κ2) is 10.7. The van der Waals surface area contributed by atoms with E-state index in [1.165, 1.54) is 19.1 Å². The molecule has 10 heteroatoms. The lowest BCUT2D eigenvalue weighted by molar-refractivity contribution is -0.147. The van der Waals surface area contributed by atoms with Crippen LogP contribution in [0.4, 0.5) is 24.0 Å². The Labute approximate surface area is 198 Å². The van der Waals surface area contributed by atoms with Gasteiger partial charge in [-0.2, -0.15) is 13.2 Å². The predicted octanol–water partition coefficient (Wildman–Crippen LogP) is 6.09. The third kappa shape index (κ3) is 6.57. The second-order valence-corrected chi connectivity index (χ2v) is 8.53. The number of carbonyl (C=O) groups excluding carboxylic acids is 2. The Balaban J connectivity index is 1.60. The van der Waals surface area contributed by atoms with Crippen molar-refractivity contribution in [1.29, 1.82) is 0 Å². The molecule has 1 heterocycles. The van der Waals surface area contributed by atoms with Gasteiger partial charge in [0.15, 0.2) is 11.7 Å². The number of carbonyl (C=O) groups is 2. The van der Waals surface area contributed by atoms with Crippen LogP contribution in [0.3, 0.4) is 0 Å². The standard InChI is InChI=1S/C24H23F3N2O4S/c1-15(2)17-7-9-21(10-8-17)32-13-22(31)33-12-19-14-34-23(28-19)29(16(3)30)20-6-4-5-18(11-20)24(25,26)27/h4-11,14-15H,12-13H2,1-3H3. The predicted molar refractivity (Wildman–Crippen MR) is 122 cm³/mol. The van der Waals surface area contributed by atoms with Crippen LogP contribution < -0.4 is 9.64 Å². The molecule has 0 aliphatic carbocycles. The minimum Gasteiger partial charge on any atom is -0.482 e. The van der Waals surface area contributed by atoms with Crippen molar-refractivity contribution in [2.75, 3.05) is 11.5 Å². The molecule has 2 aromatic carbocycles. The van der Waals surface area contributed by atoms with Gasteiger partial charge in [-0.05, 0) is 41.8 Å². The number of rotatable bonds is 8. The van der Waals surface area contributed by atoms with Crippen LogP contribution in [0.2, 0.25) is 0 Å². The highest BCUT2D eigenvalue weighted by Gasteiger charge is 2.31. The Bertz CT molecular complexity index is 1140. The second-order valence-electron chi connectivity index (χ2n) is 7.70. The highest BCUT2D eigenvalue weighted by atomic mass is 32.1. The Morgan fingerprint density at radius 1 is 1.12 bits per heavy atom. The van der Waals surface area contributed by atoms with Crippen molar-refractivity contribution in [1.82, 2.24) is 4.98 Å². The van der Waals surface area contributed by atoms with Gasteiger partial charge < -0.3 is 9.47 Å². The molecule has 0 aliphatic rings. The number of amides is 1. The van der Waals surface area contributed by atoms with Gasteiger partial charge in [-0.15, -0.1) is 11.3 Å². The average Bonchev–Trinajstić information content (AvgIpc) is 3.24. The Morgan fingerprint density at radius 3 is 2.44 bits per heavy atom. The van der Waals surface area contributed by atoms with E-state index in [-0.39, 0.29) is 24.0 Å². The molecule has 3 rings (SSSR count). The summed E-state index contributed by atoms with van der Waals surface area (Å²) in [5.74, 6) is -0.192. The molecule has 1 amide bonds. The quantitative estimate of drug-likeness (QED) is 0.356. The molecule has 34 heavy (non-hydrogen) atoms. The maximum absolute atomic E-state index is 13.1. The smallest absolute Gasteiger partial charge is 0.416 e. The van der Waals surface area contributed by atoms with Gasteiger partial charge in [-0.3, -0.25) is 9.69 Å². The first kappa shape index (κ1) is 25.2. The van der Waals surface area contributed by atoms with Crippen molar-refractivity contribution in [2.24, 2.45) is 0 Å². The van der Waals surface area contributed by atoms with E-state index in [0.29, 0.717) is 17.4 Å². The molecule has 6 nitrogen and oxygen atoms in total. The lowest BCUT2D eigenvalue weighted by Crippen LogP contribution is -2.23. The van der Waals surface area contributed by atoms with Gasteiger partial charge in [0.2, 0.25) is 5.91 Å². The fourth-order valence-corrected chi connectivity index (χ4v) is 3.87. The molecule has 1 aromatic heterocycles. The summed E-state index contributed by atoms with van der Waals surface area (Å²) in [7, 11) is 0. The Kier molecular flexibility index (Phi) is 7.93. The van der Waals surface area contributed by atoms with Gasteiger partial charge >= 0.3 is 12.1 Å². The molecule has 0 N–H and O–H groups in total. The molecule has 180 valence electrons. The van der Waals surface area contributed by atoms with Crippen LogP contribution >= 0.6 is 11.3 Å². The fraction of sp³-hybridized carbons (Fsp3) is 0.292. The number of esters is 1. The Hall–Kier alpha value is -3.40.